The van der Waals surface area contributed by atoms with Gasteiger partial charge in [0.05, 0.1) is 5.56 Å². The second kappa shape index (κ2) is 5.40. The van der Waals surface area contributed by atoms with Crippen molar-refractivity contribution >= 4 is 17.7 Å². The Balaban J connectivity index is 2.33. The van der Waals surface area contributed by atoms with E-state index < -0.39 is 5.97 Å². The Kier molecular flexibility index (Phi) is 3.85. The van der Waals surface area contributed by atoms with Crippen LogP contribution in [0.25, 0.3) is 0 Å². The molecule has 0 amide bonds. The molecule has 0 aliphatic heterocycles. The maximum Gasteiger partial charge on any atom is 0.335 e. The summed E-state index contributed by atoms with van der Waals surface area (Å²) < 4.78 is 0. The first-order chi connectivity index (χ1) is 8.95. The summed E-state index contributed by atoms with van der Waals surface area (Å²) >= 11 is 1.37. The molecule has 0 aliphatic carbocycles. The lowest BCUT2D eigenvalue weighted by Gasteiger charge is -2.05. The Morgan fingerprint density at radius 1 is 1.11 bits per heavy atom. The van der Waals surface area contributed by atoms with Crippen LogP contribution in [0.3, 0.4) is 0 Å². The van der Waals surface area contributed by atoms with Crippen LogP contribution < -0.4 is 0 Å². The molecule has 1 N–H and O–H groups in total. The number of benzene rings is 1. The molecule has 0 saturated carbocycles. The third-order valence-corrected chi connectivity index (χ3v) is 3.47. The first-order valence-electron chi connectivity index (χ1n) is 5.80. The minimum Gasteiger partial charge on any atom is -0.478 e. The number of carboxylic acids is 1. The van der Waals surface area contributed by atoms with E-state index in [0.29, 0.717) is 10.7 Å². The van der Waals surface area contributed by atoms with Gasteiger partial charge < -0.3 is 5.11 Å². The lowest BCUT2D eigenvalue weighted by Crippen LogP contribution is -1.99. The monoisotopic (exact) mass is 274 g/mol. The van der Waals surface area contributed by atoms with Gasteiger partial charge in [0.25, 0.3) is 0 Å². The molecule has 0 fully saturated rings. The second-order valence-electron chi connectivity index (χ2n) is 4.32. The van der Waals surface area contributed by atoms with Crippen LogP contribution in [0.2, 0.25) is 0 Å². The highest BCUT2D eigenvalue weighted by molar-refractivity contribution is 7.99. The first-order valence-corrected chi connectivity index (χ1v) is 6.61. The average molecular weight is 274 g/mol. The van der Waals surface area contributed by atoms with Gasteiger partial charge in [0, 0.05) is 16.3 Å². The van der Waals surface area contributed by atoms with Crippen molar-refractivity contribution in [2.45, 2.75) is 30.8 Å². The quantitative estimate of drug-likeness (QED) is 0.870. The smallest absolute Gasteiger partial charge is 0.335 e. The number of hydrogen-bond acceptors (Lipinski definition) is 4. The number of aromatic carboxylic acids is 1. The molecule has 1 aromatic heterocycles. The largest absolute Gasteiger partial charge is 0.478 e. The van der Waals surface area contributed by atoms with Crippen LogP contribution in [-0.4, -0.2) is 21.0 Å². The molecule has 19 heavy (non-hydrogen) atoms. The minimum atomic E-state index is -0.915. The van der Waals surface area contributed by atoms with Gasteiger partial charge in [-0.25, -0.2) is 14.8 Å². The number of hydrogen-bond donors (Lipinski definition) is 1. The van der Waals surface area contributed by atoms with Crippen LogP contribution in [-0.2, 0) is 0 Å². The summed E-state index contributed by atoms with van der Waals surface area (Å²) in [7, 11) is 0. The SMILES string of the molecule is Cc1cc(C)nc(Sc2ccc(C)c(C(=O)O)c2)n1. The highest BCUT2D eigenvalue weighted by Crippen LogP contribution is 2.27. The van der Waals surface area contributed by atoms with Gasteiger partial charge >= 0.3 is 5.97 Å². The summed E-state index contributed by atoms with van der Waals surface area (Å²) in [5, 5.41) is 9.74. The number of rotatable bonds is 3. The molecular weight excluding hydrogens is 260 g/mol. The summed E-state index contributed by atoms with van der Waals surface area (Å²) in [6.07, 6.45) is 0. The normalized spacial score (nSPS) is 10.5. The van der Waals surface area contributed by atoms with E-state index in [2.05, 4.69) is 9.97 Å². The van der Waals surface area contributed by atoms with Gasteiger partial charge in [-0.15, -0.1) is 0 Å². The fourth-order valence-electron chi connectivity index (χ4n) is 1.74. The van der Waals surface area contributed by atoms with E-state index in [-0.39, 0.29) is 0 Å². The van der Waals surface area contributed by atoms with Crippen LogP contribution in [0.5, 0.6) is 0 Å². The van der Waals surface area contributed by atoms with E-state index in [1.54, 1.807) is 19.1 Å². The highest BCUT2D eigenvalue weighted by atomic mass is 32.2. The molecule has 0 unspecified atom stereocenters. The number of carboxylic acid groups (broad SMARTS) is 1. The van der Waals surface area contributed by atoms with Gasteiger partial charge in [-0.3, -0.25) is 0 Å². The minimum absolute atomic E-state index is 0.314. The number of aryl methyl sites for hydroxylation is 3. The van der Waals surface area contributed by atoms with Crippen molar-refractivity contribution in [1.29, 1.82) is 0 Å². The van der Waals surface area contributed by atoms with E-state index in [1.807, 2.05) is 26.0 Å². The Labute approximate surface area is 115 Å². The van der Waals surface area contributed by atoms with E-state index in [9.17, 15) is 4.79 Å². The van der Waals surface area contributed by atoms with Gasteiger partial charge in [-0.05, 0) is 56.3 Å². The van der Waals surface area contributed by atoms with Gasteiger partial charge in [-0.2, -0.15) is 0 Å². The van der Waals surface area contributed by atoms with E-state index >= 15 is 0 Å². The molecule has 0 spiro atoms. The maximum absolute atomic E-state index is 11.1. The predicted octanol–water partition coefficient (Wildman–Crippen LogP) is 3.25. The Bertz CT molecular complexity index is 621. The van der Waals surface area contributed by atoms with Crippen molar-refractivity contribution in [2.75, 3.05) is 0 Å². The molecule has 0 radical (unpaired) electrons. The van der Waals surface area contributed by atoms with Crippen molar-refractivity contribution < 1.29 is 9.90 Å². The number of nitrogens with zero attached hydrogens (tertiary/aromatic N) is 2. The zero-order valence-corrected chi connectivity index (χ0v) is 11.8. The molecule has 5 heteroatoms. The molecule has 0 saturated heterocycles. The summed E-state index contributed by atoms with van der Waals surface area (Å²) in [5.74, 6) is -0.915. The van der Waals surface area contributed by atoms with Crippen molar-refractivity contribution in [3.63, 3.8) is 0 Å². The lowest BCUT2D eigenvalue weighted by molar-refractivity contribution is 0.0696. The fourth-order valence-corrected chi connectivity index (χ4v) is 2.64. The lowest BCUT2D eigenvalue weighted by atomic mass is 10.1. The first kappa shape index (κ1) is 13.5. The number of carbonyl (C=O) groups is 1. The van der Waals surface area contributed by atoms with Crippen molar-refractivity contribution in [1.82, 2.24) is 9.97 Å². The van der Waals surface area contributed by atoms with Crippen molar-refractivity contribution in [2.24, 2.45) is 0 Å². The van der Waals surface area contributed by atoms with Gasteiger partial charge in [0.15, 0.2) is 5.16 Å². The predicted molar refractivity (Wildman–Crippen MR) is 73.8 cm³/mol. The summed E-state index contributed by atoms with van der Waals surface area (Å²) in [5.41, 5.74) is 2.87. The molecule has 2 aromatic rings. The van der Waals surface area contributed by atoms with Crippen LogP contribution in [0, 0.1) is 20.8 Å². The topological polar surface area (TPSA) is 63.1 Å². The number of aromatic nitrogens is 2. The molecule has 4 nitrogen and oxygen atoms in total. The Hall–Kier alpha value is -1.88. The fraction of sp³-hybridized carbons (Fsp3) is 0.214. The standard InChI is InChI=1S/C14H14N2O2S/c1-8-4-5-11(7-12(8)13(17)18)19-14-15-9(2)6-10(3)16-14/h4-7H,1-3H3,(H,17,18). The highest BCUT2D eigenvalue weighted by Gasteiger charge is 2.09. The van der Waals surface area contributed by atoms with Crippen LogP contribution >= 0.6 is 11.8 Å². The van der Waals surface area contributed by atoms with Crippen LogP contribution in [0.4, 0.5) is 0 Å². The Morgan fingerprint density at radius 2 is 1.74 bits per heavy atom. The molecule has 98 valence electrons. The van der Waals surface area contributed by atoms with Gasteiger partial charge in [0.1, 0.15) is 0 Å². The molecular formula is C14H14N2O2S. The van der Waals surface area contributed by atoms with E-state index in [1.165, 1.54) is 11.8 Å². The van der Waals surface area contributed by atoms with Crippen molar-refractivity contribution in [3.05, 3.63) is 46.8 Å². The maximum atomic E-state index is 11.1. The van der Waals surface area contributed by atoms with Crippen LogP contribution in [0.1, 0.15) is 27.3 Å². The molecule has 0 bridgehead atoms. The third-order valence-electron chi connectivity index (χ3n) is 2.61. The van der Waals surface area contributed by atoms with Crippen molar-refractivity contribution in [3.8, 4) is 0 Å². The zero-order chi connectivity index (χ0) is 14.0. The second-order valence-corrected chi connectivity index (χ2v) is 5.36. The summed E-state index contributed by atoms with van der Waals surface area (Å²) in [6, 6.07) is 7.24. The summed E-state index contributed by atoms with van der Waals surface area (Å²) in [6.45, 7) is 5.61. The average Bonchev–Trinajstić information content (AvgIpc) is 2.30. The van der Waals surface area contributed by atoms with Crippen LogP contribution in [0.15, 0.2) is 34.3 Å². The van der Waals surface area contributed by atoms with E-state index in [0.717, 1.165) is 21.8 Å². The molecule has 2 rings (SSSR count). The van der Waals surface area contributed by atoms with Gasteiger partial charge in [-0.1, -0.05) is 6.07 Å². The third kappa shape index (κ3) is 3.32. The zero-order valence-electron chi connectivity index (χ0n) is 11.0. The molecule has 0 aliphatic rings. The van der Waals surface area contributed by atoms with E-state index in [4.69, 9.17) is 5.11 Å². The van der Waals surface area contributed by atoms with Gasteiger partial charge in [0.2, 0.25) is 0 Å². The summed E-state index contributed by atoms with van der Waals surface area (Å²) in [4.78, 5) is 20.6. The Morgan fingerprint density at radius 3 is 2.32 bits per heavy atom. The molecule has 1 heterocycles. The molecule has 1 aromatic carbocycles. The molecule has 0 atom stereocenters.